The highest BCUT2D eigenvalue weighted by Gasteiger charge is 2.58. The number of aliphatic carboxylic acids is 2. The van der Waals surface area contributed by atoms with E-state index in [2.05, 4.69) is 30.0 Å². The van der Waals surface area contributed by atoms with E-state index in [9.17, 15) is 41.1 Å². The minimum atomic E-state index is -5.19. The fourth-order valence-electron chi connectivity index (χ4n) is 4.11. The lowest BCUT2D eigenvalue weighted by atomic mass is 9.84. The summed E-state index contributed by atoms with van der Waals surface area (Å²) < 4.78 is 74.5. The lowest BCUT2D eigenvalue weighted by Crippen LogP contribution is -2.76. The zero-order chi connectivity index (χ0) is 40.4. The number of carboxylic acids is 2. The van der Waals surface area contributed by atoms with E-state index in [1.807, 2.05) is 29.1 Å². The maximum Gasteiger partial charge on any atom is 0.430 e. The molecule has 4 heterocycles. The number of amides is 2. The first-order valence-corrected chi connectivity index (χ1v) is 17.2. The molecular weight excluding hydrogens is 775 g/mol. The van der Waals surface area contributed by atoms with Crippen LogP contribution in [0.5, 0.6) is 5.75 Å². The molecule has 1 aliphatic rings. The molecule has 0 radical (unpaired) electrons. The number of anilines is 3. The van der Waals surface area contributed by atoms with E-state index in [0.29, 0.717) is 17.4 Å². The van der Waals surface area contributed by atoms with Crippen LogP contribution in [0.2, 0.25) is 0 Å². The summed E-state index contributed by atoms with van der Waals surface area (Å²) in [5, 5.41) is 29.4. The van der Waals surface area contributed by atoms with Gasteiger partial charge in [0, 0.05) is 23.9 Å². The van der Waals surface area contributed by atoms with Crippen molar-refractivity contribution in [3.8, 4) is 5.75 Å². The van der Waals surface area contributed by atoms with E-state index in [-0.39, 0.29) is 16.6 Å². The van der Waals surface area contributed by atoms with Gasteiger partial charge in [0.15, 0.2) is 23.2 Å². The summed E-state index contributed by atoms with van der Waals surface area (Å²) in [6, 6.07) is 5.61. The highest BCUT2D eigenvalue weighted by Crippen LogP contribution is 2.33. The predicted octanol–water partition coefficient (Wildman–Crippen LogP) is -1.11. The SMILES string of the molecule is CC1(C)[C@H](NC(=O)/C(=N\O[C@@H](COc2ccc(Nc3cc[n+](CCCN)cc3)nc2)C(=O)O)c2csc(N)n2)C(=O)N1OS(=O)(=O)O.O=C([O-])C(F)(F)F. The third kappa shape index (κ3) is 12.2. The van der Waals surface area contributed by atoms with Crippen LogP contribution in [0.1, 0.15) is 26.0 Å². The van der Waals surface area contributed by atoms with Crippen molar-refractivity contribution in [1.29, 1.82) is 0 Å². The molecule has 0 saturated carbocycles. The van der Waals surface area contributed by atoms with Crippen LogP contribution in [0, 0.1) is 0 Å². The number of carbonyl (C=O) groups is 4. The molecule has 0 aromatic carbocycles. The molecule has 2 amide bonds. The second-order valence-electron chi connectivity index (χ2n) is 11.2. The minimum Gasteiger partial charge on any atom is -0.542 e. The number of pyridine rings is 2. The summed E-state index contributed by atoms with van der Waals surface area (Å²) >= 11 is 0.951. The van der Waals surface area contributed by atoms with Gasteiger partial charge in [-0.2, -0.15) is 26.7 Å². The number of aryl methyl sites for hydroxylation is 1. The molecule has 3 aromatic heterocycles. The van der Waals surface area contributed by atoms with E-state index in [1.54, 1.807) is 12.1 Å². The molecule has 21 nitrogen and oxygen atoms in total. The number of carboxylic acid groups (broad SMARTS) is 2. The normalized spacial score (nSPS) is 15.9. The second-order valence-corrected chi connectivity index (χ2v) is 13.1. The van der Waals surface area contributed by atoms with Crippen LogP contribution in [-0.2, 0) is 45.2 Å². The highest BCUT2D eigenvalue weighted by atomic mass is 32.3. The number of nitrogens with zero attached hydrogens (tertiary/aromatic N) is 5. The molecule has 1 aliphatic heterocycles. The quantitative estimate of drug-likeness (QED) is 0.0329. The smallest absolute Gasteiger partial charge is 0.430 e. The van der Waals surface area contributed by atoms with Gasteiger partial charge in [0.05, 0.1) is 17.4 Å². The second kappa shape index (κ2) is 17.9. The van der Waals surface area contributed by atoms with Crippen molar-refractivity contribution >= 4 is 67.8 Å². The summed E-state index contributed by atoms with van der Waals surface area (Å²) in [6.45, 7) is 3.57. The number of rotatable bonds is 16. The van der Waals surface area contributed by atoms with Crippen LogP contribution in [0.25, 0.3) is 0 Å². The molecule has 54 heavy (non-hydrogen) atoms. The fraction of sp³-hybridized carbons (Fsp3) is 0.357. The van der Waals surface area contributed by atoms with Gasteiger partial charge >= 0.3 is 22.5 Å². The van der Waals surface area contributed by atoms with Crippen LogP contribution < -0.4 is 36.5 Å². The van der Waals surface area contributed by atoms with E-state index < -0.39 is 70.3 Å². The lowest BCUT2D eigenvalue weighted by molar-refractivity contribution is -0.697. The number of carbonyl (C=O) groups excluding carboxylic acids is 3. The largest absolute Gasteiger partial charge is 0.542 e. The van der Waals surface area contributed by atoms with Crippen molar-refractivity contribution in [2.75, 3.05) is 24.2 Å². The van der Waals surface area contributed by atoms with Crippen LogP contribution in [0.4, 0.5) is 29.8 Å². The third-order valence-corrected chi connectivity index (χ3v) is 7.81. The number of alkyl halides is 3. The number of hydrogen-bond acceptors (Lipinski definition) is 17. The Balaban J connectivity index is 0.00000102. The predicted molar refractivity (Wildman–Crippen MR) is 175 cm³/mol. The van der Waals surface area contributed by atoms with E-state index in [0.717, 1.165) is 30.0 Å². The number of β-lactam (4-membered cyclic amide) rings is 1. The van der Waals surface area contributed by atoms with E-state index >= 15 is 0 Å². The standard InChI is InChI=1S/C26H31N9O10S2.C2HF3O2/c1-26(2)21(23(37)35(26)45-47(40,41)42)32-22(36)20(17-14-46-25(28)31-17)33-44-18(24(38)39)13-43-16-4-5-19(29-12-16)30-15-6-10-34(11-7-15)9-3-8-27;3-2(4,5)1(6)7/h4-7,10-12,14,18,21H,3,8-9,13,27H2,1-2H3,(H5,28,31,32,36,38,39,40,41,42);(H,6,7)/b33-20-;/t18-,21+;/m0./s1. The maximum absolute atomic E-state index is 13.2. The van der Waals surface area contributed by atoms with Gasteiger partial charge in [0.2, 0.25) is 0 Å². The van der Waals surface area contributed by atoms with Gasteiger partial charge in [-0.3, -0.25) is 14.1 Å². The maximum atomic E-state index is 13.2. The number of halogens is 3. The fourth-order valence-corrected chi connectivity index (χ4v) is 5.11. The van der Waals surface area contributed by atoms with E-state index in [1.165, 1.54) is 25.4 Å². The number of oxime groups is 1. The van der Waals surface area contributed by atoms with Crippen LogP contribution in [-0.4, -0.2) is 99.6 Å². The molecule has 294 valence electrons. The van der Waals surface area contributed by atoms with Crippen molar-refractivity contribution in [3.05, 3.63) is 53.9 Å². The molecule has 2 atom stereocenters. The minimum absolute atomic E-state index is 0.0512. The van der Waals surface area contributed by atoms with Gasteiger partial charge in [0.25, 0.3) is 17.9 Å². The number of nitrogens with one attached hydrogen (secondary N) is 2. The van der Waals surface area contributed by atoms with Gasteiger partial charge in [-0.15, -0.1) is 15.6 Å². The summed E-state index contributed by atoms with van der Waals surface area (Å²) in [6.07, 6.45) is -0.850. The number of hydrogen-bond donors (Lipinski definition) is 6. The third-order valence-electron chi connectivity index (χ3n) is 6.80. The summed E-state index contributed by atoms with van der Waals surface area (Å²) in [7, 11) is -5.02. The molecule has 0 unspecified atom stereocenters. The molecule has 26 heteroatoms. The Hall–Kier alpha value is -5.70. The number of hydroxylamine groups is 2. The van der Waals surface area contributed by atoms with Crippen molar-refractivity contribution in [1.82, 2.24) is 20.3 Å². The van der Waals surface area contributed by atoms with Crippen molar-refractivity contribution in [3.63, 3.8) is 0 Å². The topological polar surface area (TPSA) is 315 Å². The molecular formula is C28H32F3N9O12S2. The highest BCUT2D eigenvalue weighted by molar-refractivity contribution is 7.80. The molecule has 0 aliphatic carbocycles. The summed E-state index contributed by atoms with van der Waals surface area (Å²) in [5.41, 5.74) is 9.96. The Morgan fingerprint density at radius 1 is 1.22 bits per heavy atom. The molecule has 0 bridgehead atoms. The Morgan fingerprint density at radius 2 is 1.87 bits per heavy atom. The van der Waals surface area contributed by atoms with Crippen molar-refractivity contribution < 1.29 is 74.0 Å². The van der Waals surface area contributed by atoms with Gasteiger partial charge in [-0.1, -0.05) is 5.16 Å². The Morgan fingerprint density at radius 3 is 2.35 bits per heavy atom. The van der Waals surface area contributed by atoms with Gasteiger partial charge in [-0.25, -0.2) is 19.3 Å². The molecule has 1 fully saturated rings. The number of nitrogen functional groups attached to an aromatic ring is 1. The van der Waals surface area contributed by atoms with Gasteiger partial charge < -0.3 is 46.7 Å². The zero-order valence-electron chi connectivity index (χ0n) is 27.9. The summed E-state index contributed by atoms with van der Waals surface area (Å²) in [4.78, 5) is 59.8. The first kappa shape index (κ1) is 42.7. The van der Waals surface area contributed by atoms with E-state index in [4.69, 9.17) is 35.5 Å². The number of nitrogens with two attached hydrogens (primary N) is 2. The Labute approximate surface area is 307 Å². The van der Waals surface area contributed by atoms with Crippen LogP contribution >= 0.6 is 11.3 Å². The average molecular weight is 808 g/mol. The molecule has 3 aromatic rings. The summed E-state index contributed by atoms with van der Waals surface area (Å²) in [5.74, 6) is -5.79. The molecule has 8 N–H and O–H groups in total. The molecule has 4 rings (SSSR count). The first-order valence-electron chi connectivity index (χ1n) is 15.0. The number of ether oxygens (including phenoxy) is 1. The lowest BCUT2D eigenvalue weighted by Gasteiger charge is -2.50. The van der Waals surface area contributed by atoms with Crippen LogP contribution in [0.3, 0.4) is 0 Å². The molecule has 1 saturated heterocycles. The number of aromatic nitrogens is 3. The van der Waals surface area contributed by atoms with Crippen LogP contribution in [0.15, 0.2) is 53.4 Å². The molecule has 0 spiro atoms. The monoisotopic (exact) mass is 807 g/mol. The average Bonchev–Trinajstić information content (AvgIpc) is 3.52. The van der Waals surface area contributed by atoms with Gasteiger partial charge in [0.1, 0.15) is 42.4 Å². The Kier molecular flexibility index (Phi) is 14.1. The van der Waals surface area contributed by atoms with Crippen molar-refractivity contribution in [2.45, 2.75) is 50.7 Å². The number of thiazole rings is 1. The van der Waals surface area contributed by atoms with Crippen molar-refractivity contribution in [2.24, 2.45) is 10.9 Å². The van der Waals surface area contributed by atoms with Gasteiger partial charge in [-0.05, 0) is 32.5 Å². The zero-order valence-corrected chi connectivity index (χ0v) is 29.6. The first-order chi connectivity index (χ1) is 25.1. The Bertz CT molecular complexity index is 1950.